The molecule has 2 aromatic heterocycles. The molecule has 4 aromatic rings. The Bertz CT molecular complexity index is 1060. The summed E-state index contributed by atoms with van der Waals surface area (Å²) in [5, 5.41) is 13.4. The lowest BCUT2D eigenvalue weighted by Crippen LogP contribution is -2.22. The van der Waals surface area contributed by atoms with E-state index in [1.165, 1.54) is 6.04 Å². The fraction of sp³-hybridized carbons (Fsp3) is 0.300. The van der Waals surface area contributed by atoms with Gasteiger partial charge in [-0.15, -0.1) is 0 Å². The van der Waals surface area contributed by atoms with Crippen molar-refractivity contribution < 1.29 is 4.74 Å². The standard InChI is InChI=1S/C13H19BrN2OSi.C7H5BrN2/c1-18(2,3)7-6-17-10-16-13-5-4-12(14)8-11(13)9-15-16;8-6-1-2-7-5(3-6)4-9-10-7/h4-5,8-9H,6-7,10H2,1-3H3;1-4H,(H,9,10). The summed E-state index contributed by atoms with van der Waals surface area (Å²) in [6, 6.07) is 13.4. The molecule has 0 amide bonds. The quantitative estimate of drug-likeness (QED) is 0.242. The molecule has 8 heteroatoms. The molecule has 1 N–H and O–H groups in total. The predicted molar refractivity (Wildman–Crippen MR) is 125 cm³/mol. The monoisotopic (exact) mass is 522 g/mol. The Balaban J connectivity index is 0.000000188. The van der Waals surface area contributed by atoms with Crippen LogP contribution < -0.4 is 0 Å². The summed E-state index contributed by atoms with van der Waals surface area (Å²) in [6.45, 7) is 8.44. The first-order valence-electron chi connectivity index (χ1n) is 9.09. The van der Waals surface area contributed by atoms with Gasteiger partial charge in [0.15, 0.2) is 0 Å². The highest BCUT2D eigenvalue weighted by molar-refractivity contribution is 9.10. The van der Waals surface area contributed by atoms with Crippen molar-refractivity contribution in [3.05, 3.63) is 57.7 Å². The van der Waals surface area contributed by atoms with E-state index >= 15 is 0 Å². The minimum atomic E-state index is -1.00. The topological polar surface area (TPSA) is 55.7 Å². The van der Waals surface area contributed by atoms with Crippen LogP contribution in [0.4, 0.5) is 0 Å². The molecule has 0 aliphatic heterocycles. The van der Waals surface area contributed by atoms with E-state index in [-0.39, 0.29) is 0 Å². The molecule has 0 spiro atoms. The van der Waals surface area contributed by atoms with Gasteiger partial charge in [-0.25, -0.2) is 4.68 Å². The molecular weight excluding hydrogens is 500 g/mol. The molecule has 0 radical (unpaired) electrons. The second kappa shape index (κ2) is 9.34. The van der Waals surface area contributed by atoms with Gasteiger partial charge in [0.2, 0.25) is 0 Å². The number of aromatic amines is 1. The molecule has 2 aromatic carbocycles. The van der Waals surface area contributed by atoms with Gasteiger partial charge >= 0.3 is 0 Å². The molecular formula is C20H24Br2N4OSi. The highest BCUT2D eigenvalue weighted by atomic mass is 79.9. The molecule has 0 unspecified atom stereocenters. The van der Waals surface area contributed by atoms with Gasteiger partial charge in [-0.2, -0.15) is 10.2 Å². The minimum Gasteiger partial charge on any atom is -0.360 e. The molecule has 0 atom stereocenters. The van der Waals surface area contributed by atoms with Crippen molar-refractivity contribution in [2.75, 3.05) is 6.61 Å². The Kier molecular flexibility index (Phi) is 7.08. The van der Waals surface area contributed by atoms with Crippen molar-refractivity contribution in [3.63, 3.8) is 0 Å². The average Bonchev–Trinajstić information content (AvgIpc) is 3.24. The zero-order chi connectivity index (χ0) is 20.1. The first kappa shape index (κ1) is 21.2. The maximum Gasteiger partial charge on any atom is 0.139 e. The summed E-state index contributed by atoms with van der Waals surface area (Å²) in [5.41, 5.74) is 2.19. The van der Waals surface area contributed by atoms with E-state index in [1.54, 1.807) is 6.20 Å². The van der Waals surface area contributed by atoms with E-state index in [4.69, 9.17) is 4.74 Å². The van der Waals surface area contributed by atoms with Gasteiger partial charge in [0, 0.05) is 34.4 Å². The van der Waals surface area contributed by atoms with Crippen molar-refractivity contribution in [3.8, 4) is 0 Å². The predicted octanol–water partition coefficient (Wildman–Crippen LogP) is 6.44. The maximum atomic E-state index is 5.72. The van der Waals surface area contributed by atoms with Gasteiger partial charge in [-0.05, 0) is 42.4 Å². The summed E-state index contributed by atoms with van der Waals surface area (Å²) in [4.78, 5) is 0. The third kappa shape index (κ3) is 6.01. The van der Waals surface area contributed by atoms with Crippen LogP contribution in [0.15, 0.2) is 57.7 Å². The number of aromatic nitrogens is 4. The Hall–Kier alpha value is -1.48. The van der Waals surface area contributed by atoms with Crippen molar-refractivity contribution in [2.24, 2.45) is 0 Å². The molecule has 4 rings (SSSR count). The molecule has 0 bridgehead atoms. The summed E-state index contributed by atoms with van der Waals surface area (Å²) >= 11 is 6.84. The second-order valence-corrected chi connectivity index (χ2v) is 15.2. The fourth-order valence-corrected chi connectivity index (χ4v) is 4.12. The first-order chi connectivity index (χ1) is 13.3. The summed E-state index contributed by atoms with van der Waals surface area (Å²) in [6.07, 6.45) is 3.68. The third-order valence-corrected chi connectivity index (χ3v) is 6.91. The highest BCUT2D eigenvalue weighted by Crippen LogP contribution is 2.19. The number of H-pyrrole nitrogens is 1. The molecule has 0 saturated heterocycles. The molecule has 0 aliphatic rings. The lowest BCUT2D eigenvalue weighted by atomic mass is 10.3. The highest BCUT2D eigenvalue weighted by Gasteiger charge is 2.12. The van der Waals surface area contributed by atoms with Crippen LogP contribution in [-0.2, 0) is 11.5 Å². The lowest BCUT2D eigenvalue weighted by Gasteiger charge is -2.15. The SMILES string of the molecule is Brc1ccc2[nH]ncc2c1.C[Si](C)(C)CCOCn1ncc2cc(Br)ccc21. The number of benzene rings is 2. The van der Waals surface area contributed by atoms with Gasteiger partial charge in [-0.1, -0.05) is 51.5 Å². The average molecular weight is 524 g/mol. The maximum absolute atomic E-state index is 5.72. The molecule has 0 saturated carbocycles. The minimum absolute atomic E-state index is 0.537. The van der Waals surface area contributed by atoms with Crippen molar-refractivity contribution in [1.29, 1.82) is 0 Å². The van der Waals surface area contributed by atoms with Crippen LogP contribution in [0.25, 0.3) is 21.8 Å². The van der Waals surface area contributed by atoms with E-state index in [1.807, 2.05) is 35.1 Å². The van der Waals surface area contributed by atoms with Crippen molar-refractivity contribution in [2.45, 2.75) is 32.4 Å². The molecule has 2 heterocycles. The zero-order valence-corrected chi connectivity index (χ0v) is 20.4. The Morgan fingerprint density at radius 3 is 2.46 bits per heavy atom. The molecule has 5 nitrogen and oxygen atoms in total. The van der Waals surface area contributed by atoms with E-state index < -0.39 is 8.07 Å². The van der Waals surface area contributed by atoms with Crippen LogP contribution >= 0.6 is 31.9 Å². The normalized spacial score (nSPS) is 11.6. The van der Waals surface area contributed by atoms with Crippen LogP contribution in [-0.4, -0.2) is 34.7 Å². The fourth-order valence-electron chi connectivity index (χ4n) is 2.60. The number of rotatable bonds is 5. The molecule has 0 fully saturated rings. The number of hydrogen-bond acceptors (Lipinski definition) is 3. The van der Waals surface area contributed by atoms with Crippen LogP contribution in [0.5, 0.6) is 0 Å². The molecule has 148 valence electrons. The number of halogens is 2. The zero-order valence-electron chi connectivity index (χ0n) is 16.2. The third-order valence-electron chi connectivity index (χ3n) is 4.22. The second-order valence-electron chi connectivity index (χ2n) is 7.80. The number of ether oxygens (including phenoxy) is 1. The molecule has 0 aliphatic carbocycles. The van der Waals surface area contributed by atoms with E-state index in [9.17, 15) is 0 Å². The van der Waals surface area contributed by atoms with E-state index in [2.05, 4.69) is 78.9 Å². The van der Waals surface area contributed by atoms with Crippen LogP contribution in [0.2, 0.25) is 25.7 Å². The summed E-state index contributed by atoms with van der Waals surface area (Å²) in [7, 11) is -1.00. The number of fused-ring (bicyclic) bond motifs is 2. The summed E-state index contributed by atoms with van der Waals surface area (Å²) < 4.78 is 9.79. The van der Waals surface area contributed by atoms with Crippen molar-refractivity contribution >= 4 is 61.7 Å². The number of nitrogens with zero attached hydrogens (tertiary/aromatic N) is 3. The van der Waals surface area contributed by atoms with Crippen LogP contribution in [0, 0.1) is 0 Å². The Labute approximate surface area is 182 Å². The van der Waals surface area contributed by atoms with Gasteiger partial charge in [0.1, 0.15) is 6.73 Å². The Morgan fingerprint density at radius 2 is 1.71 bits per heavy atom. The van der Waals surface area contributed by atoms with Gasteiger partial charge in [0.25, 0.3) is 0 Å². The van der Waals surface area contributed by atoms with Crippen LogP contribution in [0.3, 0.4) is 0 Å². The van der Waals surface area contributed by atoms with Gasteiger partial charge < -0.3 is 4.74 Å². The number of hydrogen-bond donors (Lipinski definition) is 1. The van der Waals surface area contributed by atoms with E-state index in [0.717, 1.165) is 37.4 Å². The largest absolute Gasteiger partial charge is 0.360 e. The van der Waals surface area contributed by atoms with Crippen LogP contribution in [0.1, 0.15) is 0 Å². The van der Waals surface area contributed by atoms with Crippen molar-refractivity contribution in [1.82, 2.24) is 20.0 Å². The smallest absolute Gasteiger partial charge is 0.139 e. The summed E-state index contributed by atoms with van der Waals surface area (Å²) in [5.74, 6) is 0. The number of nitrogens with one attached hydrogen (secondary N) is 1. The lowest BCUT2D eigenvalue weighted by molar-refractivity contribution is 0.0817. The van der Waals surface area contributed by atoms with Gasteiger partial charge in [-0.3, -0.25) is 5.10 Å². The first-order valence-corrected chi connectivity index (χ1v) is 14.4. The van der Waals surface area contributed by atoms with E-state index in [0.29, 0.717) is 6.73 Å². The Morgan fingerprint density at radius 1 is 1.00 bits per heavy atom. The van der Waals surface area contributed by atoms with Gasteiger partial charge in [0.05, 0.1) is 23.4 Å². The molecule has 28 heavy (non-hydrogen) atoms.